The minimum Gasteiger partial charge on any atom is -0.497 e. The first-order valence-corrected chi connectivity index (χ1v) is 12.4. The average molecular weight is 505 g/mol. The second-order valence-corrected chi connectivity index (χ2v) is 9.16. The van der Waals surface area contributed by atoms with Crippen molar-refractivity contribution in [3.63, 3.8) is 0 Å². The Morgan fingerprint density at radius 1 is 0.892 bits per heavy atom. The molecule has 0 atom stereocenters. The van der Waals surface area contributed by atoms with Gasteiger partial charge in [0.15, 0.2) is 0 Å². The fraction of sp³-hybridized carbons (Fsp3) is 0.370. The lowest BCUT2D eigenvalue weighted by Gasteiger charge is -2.34. The van der Waals surface area contributed by atoms with Crippen LogP contribution in [0.3, 0.4) is 0 Å². The Morgan fingerprint density at radius 3 is 2.35 bits per heavy atom. The van der Waals surface area contributed by atoms with E-state index in [1.165, 1.54) is 0 Å². The van der Waals surface area contributed by atoms with Gasteiger partial charge >= 0.3 is 6.03 Å². The van der Waals surface area contributed by atoms with E-state index in [4.69, 9.17) is 24.2 Å². The molecule has 0 radical (unpaired) electrons. The summed E-state index contributed by atoms with van der Waals surface area (Å²) in [4.78, 5) is 29.1. The number of aromatic nitrogens is 2. The molecule has 3 aromatic rings. The third-order valence-electron chi connectivity index (χ3n) is 6.66. The number of carbonyl (C=O) groups is 1. The van der Waals surface area contributed by atoms with Crippen molar-refractivity contribution in [3.05, 3.63) is 59.8 Å². The van der Waals surface area contributed by atoms with E-state index in [2.05, 4.69) is 22.2 Å². The van der Waals surface area contributed by atoms with Gasteiger partial charge in [-0.25, -0.2) is 9.78 Å². The number of rotatable bonds is 6. The van der Waals surface area contributed by atoms with Crippen LogP contribution in [0.4, 0.5) is 16.4 Å². The van der Waals surface area contributed by atoms with Gasteiger partial charge in [-0.2, -0.15) is 4.98 Å². The average Bonchev–Trinajstić information content (AvgIpc) is 2.93. The molecule has 1 aromatic heterocycles. The molecule has 2 aromatic carbocycles. The quantitative estimate of drug-likeness (QED) is 0.544. The molecule has 37 heavy (non-hydrogen) atoms. The van der Waals surface area contributed by atoms with E-state index in [1.54, 1.807) is 25.2 Å². The molecule has 0 aliphatic carbocycles. The van der Waals surface area contributed by atoms with E-state index in [0.29, 0.717) is 54.3 Å². The van der Waals surface area contributed by atoms with Crippen LogP contribution < -0.4 is 24.4 Å². The molecule has 0 bridgehead atoms. The lowest BCUT2D eigenvalue weighted by molar-refractivity contribution is 0.205. The zero-order valence-electron chi connectivity index (χ0n) is 21.4. The van der Waals surface area contributed by atoms with Crippen LogP contribution in [-0.2, 0) is 13.0 Å². The predicted molar refractivity (Wildman–Crippen MR) is 141 cm³/mol. The van der Waals surface area contributed by atoms with Gasteiger partial charge in [-0.05, 0) is 31.3 Å². The van der Waals surface area contributed by atoms with Crippen molar-refractivity contribution in [1.29, 1.82) is 0 Å². The summed E-state index contributed by atoms with van der Waals surface area (Å²) in [5.74, 6) is 3.12. The summed E-state index contributed by atoms with van der Waals surface area (Å²) >= 11 is 0. The highest BCUT2D eigenvalue weighted by molar-refractivity contribution is 5.89. The lowest BCUT2D eigenvalue weighted by atomic mass is 10.1. The van der Waals surface area contributed by atoms with Crippen LogP contribution in [0.5, 0.6) is 23.1 Å². The van der Waals surface area contributed by atoms with Crippen LogP contribution in [0.1, 0.15) is 11.3 Å². The molecule has 0 saturated carbocycles. The molecule has 0 spiro atoms. The fourth-order valence-electron chi connectivity index (χ4n) is 4.46. The summed E-state index contributed by atoms with van der Waals surface area (Å²) in [5, 5.41) is 2.96. The number of fused-ring (bicyclic) bond motifs is 1. The van der Waals surface area contributed by atoms with E-state index in [9.17, 15) is 4.79 Å². The number of hydrogen-bond acceptors (Lipinski definition) is 8. The Kier molecular flexibility index (Phi) is 7.27. The van der Waals surface area contributed by atoms with Crippen LogP contribution in [0.25, 0.3) is 0 Å². The molecule has 2 aliphatic rings. The topological polar surface area (TPSA) is 92.3 Å². The summed E-state index contributed by atoms with van der Waals surface area (Å²) in [5.41, 5.74) is 2.39. The molecule has 1 N–H and O–H groups in total. The standard InChI is InChI=1S/C27H32N6O4/c1-31-12-14-32(15-13-31)26-29-24-10-11-33(27(34)28-19-6-4-7-20(16-19)35-2)18-23(24)25(30-26)37-22-9-5-8-21(17-22)36-3/h4-9,16-17H,10-15,18H2,1-3H3,(H,28,34). The number of urea groups is 1. The van der Waals surface area contributed by atoms with E-state index >= 15 is 0 Å². The Bertz CT molecular complexity index is 1260. The number of nitrogens with one attached hydrogen (secondary N) is 1. The van der Waals surface area contributed by atoms with E-state index in [0.717, 1.165) is 37.4 Å². The molecule has 194 valence electrons. The molecule has 0 unspecified atom stereocenters. The number of piperazine rings is 1. The number of benzene rings is 2. The van der Waals surface area contributed by atoms with Gasteiger partial charge in [-0.3, -0.25) is 0 Å². The van der Waals surface area contributed by atoms with Crippen LogP contribution in [0, 0.1) is 0 Å². The normalized spacial score (nSPS) is 15.6. The van der Waals surface area contributed by atoms with Gasteiger partial charge in [0, 0.05) is 57.0 Å². The van der Waals surface area contributed by atoms with Gasteiger partial charge in [0.2, 0.25) is 11.8 Å². The molecule has 1 saturated heterocycles. The SMILES string of the molecule is COc1cccc(NC(=O)N2CCc3nc(N4CCN(C)CC4)nc(Oc4cccc(OC)c4)c3C2)c1. The predicted octanol–water partition coefficient (Wildman–Crippen LogP) is 3.63. The summed E-state index contributed by atoms with van der Waals surface area (Å²) in [7, 11) is 5.34. The zero-order valence-corrected chi connectivity index (χ0v) is 21.4. The van der Waals surface area contributed by atoms with Gasteiger partial charge in [-0.15, -0.1) is 0 Å². The second kappa shape index (κ2) is 10.9. The highest BCUT2D eigenvalue weighted by Gasteiger charge is 2.28. The number of carbonyl (C=O) groups excluding carboxylic acids is 1. The second-order valence-electron chi connectivity index (χ2n) is 9.16. The van der Waals surface area contributed by atoms with Crippen molar-refractivity contribution in [1.82, 2.24) is 19.8 Å². The first kappa shape index (κ1) is 24.6. The highest BCUT2D eigenvalue weighted by atomic mass is 16.5. The Balaban J connectivity index is 1.42. The van der Waals surface area contributed by atoms with Crippen molar-refractivity contribution in [2.45, 2.75) is 13.0 Å². The maximum atomic E-state index is 13.1. The summed E-state index contributed by atoms with van der Waals surface area (Å²) in [6, 6.07) is 14.5. The number of likely N-dealkylation sites (N-methyl/N-ethyl adjacent to an activating group) is 1. The van der Waals surface area contributed by atoms with Crippen molar-refractivity contribution in [3.8, 4) is 23.1 Å². The van der Waals surface area contributed by atoms with Crippen LogP contribution in [0.2, 0.25) is 0 Å². The van der Waals surface area contributed by atoms with Crippen molar-refractivity contribution >= 4 is 17.7 Å². The molecule has 10 heteroatoms. The summed E-state index contributed by atoms with van der Waals surface area (Å²) in [6.45, 7) is 4.48. The zero-order chi connectivity index (χ0) is 25.8. The third kappa shape index (κ3) is 5.69. The highest BCUT2D eigenvalue weighted by Crippen LogP contribution is 2.33. The summed E-state index contributed by atoms with van der Waals surface area (Å²) < 4.78 is 16.9. The molecule has 1 fully saturated rings. The molecule has 2 amide bonds. The van der Waals surface area contributed by atoms with Crippen molar-refractivity contribution < 1.29 is 19.0 Å². The van der Waals surface area contributed by atoms with Gasteiger partial charge in [0.05, 0.1) is 32.0 Å². The smallest absolute Gasteiger partial charge is 0.322 e. The number of nitrogens with zero attached hydrogens (tertiary/aromatic N) is 5. The Hall–Kier alpha value is -4.05. The van der Waals surface area contributed by atoms with Crippen LogP contribution >= 0.6 is 0 Å². The van der Waals surface area contributed by atoms with E-state index in [-0.39, 0.29) is 6.03 Å². The molecule has 10 nitrogen and oxygen atoms in total. The molecule has 5 rings (SSSR count). The van der Waals surface area contributed by atoms with Crippen molar-refractivity contribution in [2.75, 3.05) is 64.2 Å². The van der Waals surface area contributed by atoms with E-state index in [1.807, 2.05) is 42.5 Å². The number of methoxy groups -OCH3 is 2. The maximum Gasteiger partial charge on any atom is 0.322 e. The fourth-order valence-corrected chi connectivity index (χ4v) is 4.46. The minimum atomic E-state index is -0.200. The Labute approximate surface area is 216 Å². The molecular weight excluding hydrogens is 472 g/mol. The molecule has 3 heterocycles. The van der Waals surface area contributed by atoms with Gasteiger partial charge in [-0.1, -0.05) is 12.1 Å². The van der Waals surface area contributed by atoms with Crippen molar-refractivity contribution in [2.24, 2.45) is 0 Å². The first-order valence-electron chi connectivity index (χ1n) is 12.4. The number of anilines is 2. The van der Waals surface area contributed by atoms with Gasteiger partial charge in [0.25, 0.3) is 0 Å². The number of ether oxygens (including phenoxy) is 3. The van der Waals surface area contributed by atoms with E-state index < -0.39 is 0 Å². The summed E-state index contributed by atoms with van der Waals surface area (Å²) in [6.07, 6.45) is 0.610. The minimum absolute atomic E-state index is 0.200. The van der Waals surface area contributed by atoms with Crippen LogP contribution in [0.15, 0.2) is 48.5 Å². The third-order valence-corrected chi connectivity index (χ3v) is 6.66. The molecule has 2 aliphatic heterocycles. The van der Waals surface area contributed by atoms with Gasteiger partial charge < -0.3 is 34.2 Å². The Morgan fingerprint density at radius 2 is 1.59 bits per heavy atom. The number of amides is 2. The van der Waals surface area contributed by atoms with Gasteiger partial charge in [0.1, 0.15) is 17.2 Å². The maximum absolute atomic E-state index is 13.1. The van der Waals surface area contributed by atoms with Crippen LogP contribution in [-0.4, -0.2) is 79.8 Å². The largest absolute Gasteiger partial charge is 0.497 e. The monoisotopic (exact) mass is 504 g/mol. The number of hydrogen-bond donors (Lipinski definition) is 1. The lowest BCUT2D eigenvalue weighted by Crippen LogP contribution is -2.45. The molecular formula is C27H32N6O4. The first-order chi connectivity index (χ1) is 18.0.